The van der Waals surface area contributed by atoms with Crippen LogP contribution in [0.2, 0.25) is 0 Å². The first-order valence-corrected chi connectivity index (χ1v) is 16.9. The average molecular weight is 531 g/mol. The molecule has 0 aromatic heterocycles. The zero-order valence-corrected chi connectivity index (χ0v) is 25.1. The van der Waals surface area contributed by atoms with Gasteiger partial charge in [0.1, 0.15) is 0 Å². The van der Waals surface area contributed by atoms with Crippen molar-refractivity contribution < 1.29 is 0 Å². The quantitative estimate of drug-likeness (QED) is 0.178. The first-order chi connectivity index (χ1) is 19.1. The van der Waals surface area contributed by atoms with Crippen molar-refractivity contribution >= 4 is 11.4 Å². The molecule has 2 heteroatoms. The third kappa shape index (κ3) is 9.58. The first-order valence-electron chi connectivity index (χ1n) is 16.9. The van der Waals surface area contributed by atoms with E-state index in [1.807, 2.05) is 12.1 Å². The van der Waals surface area contributed by atoms with Crippen LogP contribution in [0.15, 0.2) is 42.5 Å². The van der Waals surface area contributed by atoms with Crippen LogP contribution >= 0.6 is 0 Å². The van der Waals surface area contributed by atoms with Gasteiger partial charge >= 0.3 is 0 Å². The van der Waals surface area contributed by atoms with Crippen LogP contribution in [0, 0.1) is 17.8 Å². The number of benzene rings is 2. The lowest BCUT2D eigenvalue weighted by atomic mass is 9.67. The van der Waals surface area contributed by atoms with Crippen LogP contribution < -0.4 is 11.5 Å². The van der Waals surface area contributed by atoms with Gasteiger partial charge in [0.05, 0.1) is 0 Å². The maximum Gasteiger partial charge on any atom is 0.0385 e. The molecule has 0 unspecified atom stereocenters. The third-order valence-electron chi connectivity index (χ3n) is 10.3. The molecule has 4 N–H and O–H groups in total. The monoisotopic (exact) mass is 530 g/mol. The Morgan fingerprint density at radius 2 is 1.23 bits per heavy atom. The predicted octanol–water partition coefficient (Wildman–Crippen LogP) is 10.8. The van der Waals surface area contributed by atoms with E-state index >= 15 is 0 Å². The number of nitrogen functional groups attached to an aromatic ring is 2. The summed E-state index contributed by atoms with van der Waals surface area (Å²) in [6, 6.07) is 14.9. The molecule has 0 radical (unpaired) electrons. The molecule has 2 saturated carbocycles. The lowest BCUT2D eigenvalue weighted by Crippen LogP contribution is -2.25. The topological polar surface area (TPSA) is 52.0 Å². The molecule has 2 nitrogen and oxygen atoms in total. The summed E-state index contributed by atoms with van der Waals surface area (Å²) in [6.07, 6.45) is 28.3. The summed E-state index contributed by atoms with van der Waals surface area (Å²) in [5, 5.41) is 0. The van der Waals surface area contributed by atoms with Crippen LogP contribution in [-0.2, 0) is 6.42 Å². The second-order valence-corrected chi connectivity index (χ2v) is 13.2. The van der Waals surface area contributed by atoms with Gasteiger partial charge in [-0.25, -0.2) is 0 Å². The summed E-state index contributed by atoms with van der Waals surface area (Å²) in [5.74, 6) is 3.60. The number of para-hydroxylation sites is 1. The molecule has 0 heterocycles. The van der Waals surface area contributed by atoms with Crippen LogP contribution in [0.4, 0.5) is 11.4 Å². The SMILES string of the molecule is CCCCCCCCCCCCC1CCC(C2CCC(c3cccc(Cc4cccc(N)c4)c3N)CC2)CC1. The van der Waals surface area contributed by atoms with Gasteiger partial charge in [-0.05, 0) is 97.4 Å². The Balaban J connectivity index is 1.12. The third-order valence-corrected chi connectivity index (χ3v) is 10.3. The zero-order chi connectivity index (χ0) is 27.3. The molecule has 2 aliphatic carbocycles. The summed E-state index contributed by atoms with van der Waals surface area (Å²) < 4.78 is 0. The standard InChI is InChI=1S/C37H58N2/c1-2-3-4-5-6-7-8-9-10-11-14-29-19-21-31(22-20-29)32-23-25-33(26-24-32)36-18-13-16-34(37(36)39)27-30-15-12-17-35(38)28-30/h12-13,15-18,28-29,31-33H,2-11,14,19-27,38-39H2,1H3. The van der Waals surface area contributed by atoms with Gasteiger partial charge in [-0.2, -0.15) is 0 Å². The van der Waals surface area contributed by atoms with Gasteiger partial charge in [-0.3, -0.25) is 0 Å². The summed E-state index contributed by atoms with van der Waals surface area (Å²) >= 11 is 0. The molecule has 0 saturated heterocycles. The smallest absolute Gasteiger partial charge is 0.0385 e. The van der Waals surface area contributed by atoms with E-state index in [0.29, 0.717) is 5.92 Å². The van der Waals surface area contributed by atoms with Gasteiger partial charge in [0.25, 0.3) is 0 Å². The average Bonchev–Trinajstić information content (AvgIpc) is 2.96. The van der Waals surface area contributed by atoms with Crippen molar-refractivity contribution in [3.05, 3.63) is 59.2 Å². The Morgan fingerprint density at radius 1 is 0.641 bits per heavy atom. The summed E-state index contributed by atoms with van der Waals surface area (Å²) in [5.41, 5.74) is 18.5. The highest BCUT2D eigenvalue weighted by molar-refractivity contribution is 5.57. The molecule has 0 spiro atoms. The fourth-order valence-corrected chi connectivity index (χ4v) is 7.84. The van der Waals surface area contributed by atoms with Crippen LogP contribution in [-0.4, -0.2) is 0 Å². The molecule has 0 amide bonds. The summed E-state index contributed by atoms with van der Waals surface area (Å²) in [4.78, 5) is 0. The minimum Gasteiger partial charge on any atom is -0.399 e. The van der Waals surface area contributed by atoms with Crippen molar-refractivity contribution in [2.24, 2.45) is 17.8 Å². The number of unbranched alkanes of at least 4 members (excludes halogenated alkanes) is 9. The van der Waals surface area contributed by atoms with Crippen molar-refractivity contribution in [3.8, 4) is 0 Å². The van der Waals surface area contributed by atoms with Crippen LogP contribution in [0.5, 0.6) is 0 Å². The van der Waals surface area contributed by atoms with Gasteiger partial charge in [0.2, 0.25) is 0 Å². The fourth-order valence-electron chi connectivity index (χ4n) is 7.84. The second-order valence-electron chi connectivity index (χ2n) is 13.2. The Bertz CT molecular complexity index is 950. The van der Waals surface area contributed by atoms with Crippen molar-refractivity contribution in [2.45, 2.75) is 141 Å². The predicted molar refractivity (Wildman–Crippen MR) is 171 cm³/mol. The Morgan fingerprint density at radius 3 is 1.87 bits per heavy atom. The van der Waals surface area contributed by atoms with Crippen molar-refractivity contribution in [3.63, 3.8) is 0 Å². The van der Waals surface area contributed by atoms with Gasteiger partial charge in [0, 0.05) is 11.4 Å². The van der Waals surface area contributed by atoms with Gasteiger partial charge in [-0.15, -0.1) is 0 Å². The molecular formula is C37H58N2. The van der Waals surface area contributed by atoms with Gasteiger partial charge in [0.15, 0.2) is 0 Å². The van der Waals surface area contributed by atoms with E-state index < -0.39 is 0 Å². The summed E-state index contributed by atoms with van der Waals surface area (Å²) in [7, 11) is 0. The first kappa shape index (κ1) is 30.0. The molecule has 0 aliphatic heterocycles. The van der Waals surface area contributed by atoms with Gasteiger partial charge in [-0.1, -0.05) is 121 Å². The number of hydrogen-bond acceptors (Lipinski definition) is 2. The van der Waals surface area contributed by atoms with E-state index in [1.54, 1.807) is 0 Å². The minimum atomic E-state index is 0.634. The number of anilines is 2. The number of rotatable bonds is 15. The minimum absolute atomic E-state index is 0.634. The van der Waals surface area contributed by atoms with E-state index in [2.05, 4.69) is 37.3 Å². The van der Waals surface area contributed by atoms with E-state index in [0.717, 1.165) is 35.5 Å². The Kier molecular flexibility index (Phi) is 12.6. The van der Waals surface area contributed by atoms with E-state index in [9.17, 15) is 0 Å². The lowest BCUT2D eigenvalue weighted by Gasteiger charge is -2.38. The van der Waals surface area contributed by atoms with E-state index in [-0.39, 0.29) is 0 Å². The fraction of sp³-hybridized carbons (Fsp3) is 0.676. The normalized spacial score (nSPS) is 23.6. The number of nitrogens with two attached hydrogens (primary N) is 2. The molecule has 4 rings (SSSR count). The highest BCUT2D eigenvalue weighted by Gasteiger charge is 2.31. The van der Waals surface area contributed by atoms with Crippen molar-refractivity contribution in [1.29, 1.82) is 0 Å². The maximum absolute atomic E-state index is 6.76. The Hall–Kier alpha value is -1.96. The zero-order valence-electron chi connectivity index (χ0n) is 25.1. The van der Waals surface area contributed by atoms with Crippen molar-refractivity contribution in [2.75, 3.05) is 11.5 Å². The molecular weight excluding hydrogens is 472 g/mol. The molecule has 2 aromatic carbocycles. The highest BCUT2D eigenvalue weighted by atomic mass is 14.6. The molecule has 39 heavy (non-hydrogen) atoms. The molecule has 2 aliphatic rings. The second kappa shape index (κ2) is 16.3. The van der Waals surface area contributed by atoms with Crippen LogP contribution in [0.1, 0.15) is 152 Å². The largest absolute Gasteiger partial charge is 0.399 e. The van der Waals surface area contributed by atoms with E-state index in [4.69, 9.17) is 11.5 Å². The van der Waals surface area contributed by atoms with Crippen LogP contribution in [0.25, 0.3) is 0 Å². The number of hydrogen-bond donors (Lipinski definition) is 2. The van der Waals surface area contributed by atoms with E-state index in [1.165, 1.54) is 139 Å². The molecule has 0 atom stereocenters. The Labute approximate surface area is 240 Å². The van der Waals surface area contributed by atoms with Gasteiger partial charge < -0.3 is 11.5 Å². The maximum atomic E-state index is 6.76. The highest BCUT2D eigenvalue weighted by Crippen LogP contribution is 2.45. The lowest BCUT2D eigenvalue weighted by molar-refractivity contribution is 0.155. The van der Waals surface area contributed by atoms with Crippen LogP contribution in [0.3, 0.4) is 0 Å². The molecule has 216 valence electrons. The molecule has 2 fully saturated rings. The molecule has 0 bridgehead atoms. The summed E-state index contributed by atoms with van der Waals surface area (Å²) in [6.45, 7) is 2.31. The molecule has 2 aromatic rings. The van der Waals surface area contributed by atoms with Crippen molar-refractivity contribution in [1.82, 2.24) is 0 Å².